The van der Waals surface area contributed by atoms with Crippen molar-refractivity contribution in [3.05, 3.63) is 63.0 Å². The van der Waals surface area contributed by atoms with Crippen LogP contribution in [0.15, 0.2) is 41.2 Å². The highest BCUT2D eigenvalue weighted by Crippen LogP contribution is 2.20. The Hall–Kier alpha value is -2.67. The van der Waals surface area contributed by atoms with Crippen molar-refractivity contribution in [2.45, 2.75) is 25.9 Å². The van der Waals surface area contributed by atoms with Crippen molar-refractivity contribution in [2.75, 3.05) is 0 Å². The fourth-order valence-electron chi connectivity index (χ4n) is 2.15. The molecule has 126 valence electrons. The quantitative estimate of drug-likeness (QED) is 0.828. The second-order valence-corrected chi connectivity index (χ2v) is 5.48. The fraction of sp³-hybridized carbons (Fsp3) is 0.250. The highest BCUT2D eigenvalue weighted by molar-refractivity contribution is 6.30. The number of carboxylic acid groups (broad SMARTS) is 1. The molecule has 0 aliphatic heterocycles. The van der Waals surface area contributed by atoms with Crippen LogP contribution in [0.2, 0.25) is 5.02 Å². The van der Waals surface area contributed by atoms with Gasteiger partial charge in [0.15, 0.2) is 0 Å². The summed E-state index contributed by atoms with van der Waals surface area (Å²) in [5, 5.41) is 16.2. The Morgan fingerprint density at radius 1 is 1.25 bits per heavy atom. The molecule has 8 heteroatoms. The molecule has 0 saturated carbocycles. The zero-order chi connectivity index (χ0) is 17.7. The maximum absolute atomic E-state index is 12.3. The fourth-order valence-corrected chi connectivity index (χ4v) is 2.28. The van der Waals surface area contributed by atoms with Gasteiger partial charge in [-0.05, 0) is 30.7 Å². The first-order chi connectivity index (χ1) is 11.4. The van der Waals surface area contributed by atoms with Gasteiger partial charge in [0.25, 0.3) is 11.5 Å². The first-order valence-corrected chi connectivity index (χ1v) is 7.64. The van der Waals surface area contributed by atoms with E-state index in [1.54, 1.807) is 31.2 Å². The number of carboxylic acids is 1. The molecule has 0 aliphatic rings. The van der Waals surface area contributed by atoms with Crippen molar-refractivity contribution in [2.24, 2.45) is 0 Å². The molecular weight excluding hydrogens is 334 g/mol. The van der Waals surface area contributed by atoms with Gasteiger partial charge in [-0.3, -0.25) is 14.4 Å². The van der Waals surface area contributed by atoms with E-state index in [4.69, 9.17) is 16.7 Å². The van der Waals surface area contributed by atoms with E-state index in [0.29, 0.717) is 17.1 Å². The van der Waals surface area contributed by atoms with E-state index in [9.17, 15) is 14.4 Å². The van der Waals surface area contributed by atoms with E-state index in [2.05, 4.69) is 10.4 Å². The van der Waals surface area contributed by atoms with Gasteiger partial charge in [0.2, 0.25) is 0 Å². The van der Waals surface area contributed by atoms with Crippen LogP contribution >= 0.6 is 11.6 Å². The molecule has 1 aromatic carbocycles. The van der Waals surface area contributed by atoms with Crippen LogP contribution in [0.25, 0.3) is 0 Å². The summed E-state index contributed by atoms with van der Waals surface area (Å²) in [6.07, 6.45) is -0.291. The highest BCUT2D eigenvalue weighted by Gasteiger charge is 2.20. The molecule has 1 aromatic heterocycles. The van der Waals surface area contributed by atoms with Gasteiger partial charge in [-0.2, -0.15) is 5.10 Å². The number of aliphatic carboxylic acids is 1. The van der Waals surface area contributed by atoms with Gasteiger partial charge in [0.1, 0.15) is 5.69 Å². The molecule has 2 aromatic rings. The summed E-state index contributed by atoms with van der Waals surface area (Å²) < 4.78 is 1.16. The van der Waals surface area contributed by atoms with Crippen LogP contribution in [-0.4, -0.2) is 26.8 Å². The van der Waals surface area contributed by atoms with Crippen LogP contribution in [0, 0.1) is 0 Å². The lowest BCUT2D eigenvalue weighted by Gasteiger charge is -2.17. The normalized spacial score (nSPS) is 11.8. The number of aryl methyl sites for hydroxylation is 1. The number of nitrogens with zero attached hydrogens (tertiary/aromatic N) is 2. The van der Waals surface area contributed by atoms with E-state index in [0.717, 1.165) is 4.68 Å². The van der Waals surface area contributed by atoms with Gasteiger partial charge in [-0.15, -0.1) is 0 Å². The van der Waals surface area contributed by atoms with Crippen LogP contribution in [-0.2, 0) is 11.3 Å². The number of carbonyl (C=O) groups excluding carboxylic acids is 1. The van der Waals surface area contributed by atoms with Gasteiger partial charge in [-0.1, -0.05) is 23.7 Å². The Balaban J connectivity index is 2.25. The van der Waals surface area contributed by atoms with E-state index >= 15 is 0 Å². The third-order valence-electron chi connectivity index (χ3n) is 3.36. The summed E-state index contributed by atoms with van der Waals surface area (Å²) in [5.74, 6) is -1.61. The molecule has 24 heavy (non-hydrogen) atoms. The lowest BCUT2D eigenvalue weighted by molar-refractivity contribution is -0.137. The third kappa shape index (κ3) is 4.42. The zero-order valence-corrected chi connectivity index (χ0v) is 13.7. The van der Waals surface area contributed by atoms with Crippen molar-refractivity contribution in [1.29, 1.82) is 0 Å². The number of aromatic nitrogens is 2. The number of amides is 1. The number of halogens is 1. The molecule has 0 fully saturated rings. The van der Waals surface area contributed by atoms with E-state index in [1.165, 1.54) is 12.1 Å². The molecule has 2 rings (SSSR count). The topological polar surface area (TPSA) is 101 Å². The minimum atomic E-state index is -1.05. The van der Waals surface area contributed by atoms with Gasteiger partial charge in [0.05, 0.1) is 12.5 Å². The Bertz CT molecular complexity index is 802. The second-order valence-electron chi connectivity index (χ2n) is 5.05. The molecule has 2 N–H and O–H groups in total. The summed E-state index contributed by atoms with van der Waals surface area (Å²) >= 11 is 5.83. The van der Waals surface area contributed by atoms with E-state index in [1.807, 2.05) is 0 Å². The minimum Gasteiger partial charge on any atom is -0.481 e. The second kappa shape index (κ2) is 7.74. The molecule has 0 aliphatic carbocycles. The Morgan fingerprint density at radius 2 is 1.92 bits per heavy atom. The molecule has 0 radical (unpaired) electrons. The van der Waals surface area contributed by atoms with Crippen molar-refractivity contribution in [3.63, 3.8) is 0 Å². The summed E-state index contributed by atoms with van der Waals surface area (Å²) in [6.45, 7) is 2.06. The maximum atomic E-state index is 12.3. The Labute approximate surface area is 142 Å². The van der Waals surface area contributed by atoms with Gasteiger partial charge in [0, 0.05) is 17.6 Å². The molecule has 0 unspecified atom stereocenters. The predicted molar refractivity (Wildman–Crippen MR) is 88.1 cm³/mol. The zero-order valence-electron chi connectivity index (χ0n) is 12.9. The van der Waals surface area contributed by atoms with Crippen LogP contribution in [0.4, 0.5) is 0 Å². The van der Waals surface area contributed by atoms with E-state index in [-0.39, 0.29) is 17.7 Å². The number of carbonyl (C=O) groups is 2. The summed E-state index contributed by atoms with van der Waals surface area (Å²) in [7, 11) is 0. The number of hydrogen-bond donors (Lipinski definition) is 2. The molecule has 0 saturated heterocycles. The van der Waals surface area contributed by atoms with Crippen molar-refractivity contribution < 1.29 is 14.7 Å². The SMILES string of the molecule is CCn1nc(C(=O)N[C@@H](CC(=O)O)c2ccc(Cl)cc2)ccc1=O. The lowest BCUT2D eigenvalue weighted by atomic mass is 10.0. The average Bonchev–Trinajstić information content (AvgIpc) is 2.55. The highest BCUT2D eigenvalue weighted by atomic mass is 35.5. The standard InChI is InChI=1S/C16H16ClN3O4/c1-2-20-14(21)8-7-12(19-20)16(24)18-13(9-15(22)23)10-3-5-11(17)6-4-10/h3-8,13H,2,9H2,1H3,(H,18,24)(H,22,23)/t13-/m0/s1. The molecule has 1 atom stereocenters. The molecular formula is C16H16ClN3O4. The molecule has 7 nitrogen and oxygen atoms in total. The van der Waals surface area contributed by atoms with Crippen LogP contribution in [0.1, 0.15) is 35.4 Å². The Kier molecular flexibility index (Phi) is 5.70. The van der Waals surface area contributed by atoms with Gasteiger partial charge >= 0.3 is 5.97 Å². The monoisotopic (exact) mass is 349 g/mol. The smallest absolute Gasteiger partial charge is 0.305 e. The molecule has 1 heterocycles. The van der Waals surface area contributed by atoms with E-state index < -0.39 is 17.9 Å². The first kappa shape index (κ1) is 17.7. The summed E-state index contributed by atoms with van der Waals surface area (Å²) in [5.41, 5.74) is 0.341. The Morgan fingerprint density at radius 3 is 2.50 bits per heavy atom. The summed E-state index contributed by atoms with van der Waals surface area (Å²) in [6, 6.07) is 8.35. The van der Waals surface area contributed by atoms with Crippen molar-refractivity contribution in [3.8, 4) is 0 Å². The molecule has 0 spiro atoms. The average molecular weight is 350 g/mol. The van der Waals surface area contributed by atoms with Gasteiger partial charge < -0.3 is 10.4 Å². The predicted octanol–water partition coefficient (Wildman–Crippen LogP) is 1.86. The van der Waals surface area contributed by atoms with Crippen LogP contribution in [0.5, 0.6) is 0 Å². The number of rotatable bonds is 6. The lowest BCUT2D eigenvalue weighted by Crippen LogP contribution is -2.33. The largest absolute Gasteiger partial charge is 0.481 e. The first-order valence-electron chi connectivity index (χ1n) is 7.27. The van der Waals surface area contributed by atoms with Crippen LogP contribution < -0.4 is 10.9 Å². The third-order valence-corrected chi connectivity index (χ3v) is 3.61. The maximum Gasteiger partial charge on any atom is 0.305 e. The van der Waals surface area contributed by atoms with Crippen LogP contribution in [0.3, 0.4) is 0 Å². The van der Waals surface area contributed by atoms with Crippen molar-refractivity contribution >= 4 is 23.5 Å². The molecule has 1 amide bonds. The number of hydrogen-bond acceptors (Lipinski definition) is 4. The number of benzene rings is 1. The van der Waals surface area contributed by atoms with Gasteiger partial charge in [-0.25, -0.2) is 4.68 Å². The summed E-state index contributed by atoms with van der Waals surface area (Å²) in [4.78, 5) is 34.9. The molecule has 0 bridgehead atoms. The van der Waals surface area contributed by atoms with Crippen molar-refractivity contribution in [1.82, 2.24) is 15.1 Å². The minimum absolute atomic E-state index is 0.0424. The number of nitrogens with one attached hydrogen (secondary N) is 1.